The van der Waals surface area contributed by atoms with Gasteiger partial charge in [-0.2, -0.15) is 0 Å². The molecule has 2 fully saturated rings. The van der Waals surface area contributed by atoms with Gasteiger partial charge in [-0.15, -0.1) is 11.3 Å². The molecule has 2 aliphatic heterocycles. The topological polar surface area (TPSA) is 15.3 Å². The first kappa shape index (κ1) is 11.7. The highest BCUT2D eigenvalue weighted by Gasteiger charge is 2.50. The predicted octanol–water partition coefficient (Wildman–Crippen LogP) is 2.74. The van der Waals surface area contributed by atoms with Crippen LogP contribution in [-0.2, 0) is 0 Å². The molecule has 3 unspecified atom stereocenters. The maximum Gasteiger partial charge on any atom is 0.0418 e. The quantitative estimate of drug-likeness (QED) is 0.868. The van der Waals surface area contributed by atoms with Crippen LogP contribution in [0.3, 0.4) is 0 Å². The highest BCUT2D eigenvalue weighted by atomic mass is 32.1. The SMILES string of the molecule is CC(c1cccs1)N1CC2CNCC2C1(C)C. The minimum absolute atomic E-state index is 0.331. The van der Waals surface area contributed by atoms with Gasteiger partial charge in [-0.05, 0) is 50.6 Å². The lowest BCUT2D eigenvalue weighted by atomic mass is 9.84. The van der Waals surface area contributed by atoms with Gasteiger partial charge >= 0.3 is 0 Å². The molecule has 0 amide bonds. The third kappa shape index (κ3) is 1.76. The van der Waals surface area contributed by atoms with Crippen molar-refractivity contribution in [1.82, 2.24) is 10.2 Å². The third-order valence-electron chi connectivity index (χ3n) is 4.84. The van der Waals surface area contributed by atoms with Gasteiger partial charge in [0, 0.05) is 29.5 Å². The zero-order chi connectivity index (χ0) is 12.0. The summed E-state index contributed by atoms with van der Waals surface area (Å²) >= 11 is 1.89. The number of fused-ring (bicyclic) bond motifs is 1. The molecule has 1 N–H and O–H groups in total. The van der Waals surface area contributed by atoms with Crippen molar-refractivity contribution in [2.75, 3.05) is 19.6 Å². The minimum atomic E-state index is 0.331. The van der Waals surface area contributed by atoms with Crippen LogP contribution in [0.1, 0.15) is 31.7 Å². The Bertz CT molecular complexity index is 385. The third-order valence-corrected chi connectivity index (χ3v) is 5.88. The molecule has 0 bridgehead atoms. The van der Waals surface area contributed by atoms with E-state index in [1.165, 1.54) is 24.5 Å². The van der Waals surface area contributed by atoms with E-state index in [1.54, 1.807) is 0 Å². The van der Waals surface area contributed by atoms with Crippen molar-refractivity contribution >= 4 is 11.3 Å². The number of rotatable bonds is 2. The van der Waals surface area contributed by atoms with E-state index in [2.05, 4.69) is 48.5 Å². The van der Waals surface area contributed by atoms with Crippen molar-refractivity contribution in [3.63, 3.8) is 0 Å². The summed E-state index contributed by atoms with van der Waals surface area (Å²) in [6.45, 7) is 10.9. The summed E-state index contributed by atoms with van der Waals surface area (Å²) in [5.74, 6) is 1.68. The largest absolute Gasteiger partial charge is 0.316 e. The summed E-state index contributed by atoms with van der Waals surface area (Å²) in [6.07, 6.45) is 0. The summed E-state index contributed by atoms with van der Waals surface area (Å²) in [5, 5.41) is 5.74. The summed E-state index contributed by atoms with van der Waals surface area (Å²) in [4.78, 5) is 4.22. The number of nitrogens with zero attached hydrogens (tertiary/aromatic N) is 1. The molecule has 0 radical (unpaired) electrons. The Morgan fingerprint density at radius 2 is 2.29 bits per heavy atom. The predicted molar refractivity (Wildman–Crippen MR) is 73.4 cm³/mol. The lowest BCUT2D eigenvalue weighted by Crippen LogP contribution is -2.45. The van der Waals surface area contributed by atoms with Gasteiger partial charge in [0.15, 0.2) is 0 Å². The smallest absolute Gasteiger partial charge is 0.0418 e. The van der Waals surface area contributed by atoms with Gasteiger partial charge in [0.1, 0.15) is 0 Å². The van der Waals surface area contributed by atoms with Crippen LogP contribution in [-0.4, -0.2) is 30.1 Å². The molecular formula is C14H22N2S. The molecule has 0 aromatic carbocycles. The van der Waals surface area contributed by atoms with E-state index in [0.717, 1.165) is 11.8 Å². The Balaban J connectivity index is 1.85. The number of thiophene rings is 1. The van der Waals surface area contributed by atoms with Crippen molar-refractivity contribution in [3.05, 3.63) is 22.4 Å². The van der Waals surface area contributed by atoms with Crippen LogP contribution in [0.4, 0.5) is 0 Å². The van der Waals surface area contributed by atoms with Crippen molar-refractivity contribution in [2.45, 2.75) is 32.4 Å². The first-order valence-corrected chi connectivity index (χ1v) is 7.49. The summed E-state index contributed by atoms with van der Waals surface area (Å²) in [5.41, 5.74) is 0.331. The molecule has 94 valence electrons. The Morgan fingerprint density at radius 1 is 1.47 bits per heavy atom. The van der Waals surface area contributed by atoms with Crippen molar-refractivity contribution in [3.8, 4) is 0 Å². The van der Waals surface area contributed by atoms with Crippen LogP contribution >= 0.6 is 11.3 Å². The number of hydrogen-bond donors (Lipinski definition) is 1. The van der Waals surface area contributed by atoms with Gasteiger partial charge in [-0.1, -0.05) is 6.07 Å². The average molecular weight is 250 g/mol. The van der Waals surface area contributed by atoms with Gasteiger partial charge in [-0.3, -0.25) is 4.90 Å². The van der Waals surface area contributed by atoms with E-state index in [9.17, 15) is 0 Å². The number of hydrogen-bond acceptors (Lipinski definition) is 3. The van der Waals surface area contributed by atoms with Crippen molar-refractivity contribution < 1.29 is 0 Å². The Kier molecular flexibility index (Phi) is 2.80. The standard InChI is InChI=1S/C14H22N2S/c1-10(13-5-4-6-17-13)16-9-11-7-15-8-12(11)14(16,2)3/h4-6,10-12,15H,7-9H2,1-3H3. The minimum Gasteiger partial charge on any atom is -0.316 e. The zero-order valence-electron chi connectivity index (χ0n) is 10.9. The van der Waals surface area contributed by atoms with Crippen LogP contribution in [0.5, 0.6) is 0 Å². The molecule has 0 aliphatic carbocycles. The van der Waals surface area contributed by atoms with Gasteiger partial charge in [-0.25, -0.2) is 0 Å². The number of nitrogens with one attached hydrogen (secondary N) is 1. The lowest BCUT2D eigenvalue weighted by Gasteiger charge is -2.39. The first-order valence-electron chi connectivity index (χ1n) is 6.61. The normalized spacial score (nSPS) is 33.8. The second-order valence-electron chi connectivity index (χ2n) is 6.02. The number of likely N-dealkylation sites (tertiary alicyclic amines) is 1. The van der Waals surface area contributed by atoms with Crippen LogP contribution in [0.15, 0.2) is 17.5 Å². The Labute approximate surface area is 108 Å². The fraction of sp³-hybridized carbons (Fsp3) is 0.714. The lowest BCUT2D eigenvalue weighted by molar-refractivity contribution is 0.0987. The fourth-order valence-electron chi connectivity index (χ4n) is 3.79. The van der Waals surface area contributed by atoms with Crippen LogP contribution in [0.2, 0.25) is 0 Å². The van der Waals surface area contributed by atoms with E-state index in [-0.39, 0.29) is 0 Å². The molecule has 17 heavy (non-hydrogen) atoms. The Morgan fingerprint density at radius 3 is 2.94 bits per heavy atom. The van der Waals surface area contributed by atoms with Crippen LogP contribution in [0.25, 0.3) is 0 Å². The Hall–Kier alpha value is -0.380. The maximum absolute atomic E-state index is 3.55. The van der Waals surface area contributed by atoms with E-state index >= 15 is 0 Å². The van der Waals surface area contributed by atoms with Gasteiger partial charge in [0.2, 0.25) is 0 Å². The molecule has 2 nitrogen and oxygen atoms in total. The van der Waals surface area contributed by atoms with Crippen LogP contribution < -0.4 is 5.32 Å². The highest BCUT2D eigenvalue weighted by Crippen LogP contribution is 2.45. The fourth-order valence-corrected chi connectivity index (χ4v) is 4.59. The molecule has 3 heteroatoms. The molecular weight excluding hydrogens is 228 g/mol. The molecule has 0 spiro atoms. The van der Waals surface area contributed by atoms with E-state index < -0.39 is 0 Å². The zero-order valence-corrected chi connectivity index (χ0v) is 11.8. The van der Waals surface area contributed by atoms with E-state index in [1.807, 2.05) is 11.3 Å². The molecule has 0 saturated carbocycles. The van der Waals surface area contributed by atoms with Gasteiger partial charge < -0.3 is 5.32 Å². The molecule has 3 rings (SSSR count). The molecule has 1 aromatic heterocycles. The summed E-state index contributed by atoms with van der Waals surface area (Å²) < 4.78 is 0. The molecule has 3 atom stereocenters. The highest BCUT2D eigenvalue weighted by molar-refractivity contribution is 7.10. The molecule has 1 aromatic rings. The first-order chi connectivity index (χ1) is 8.10. The van der Waals surface area contributed by atoms with Gasteiger partial charge in [0.25, 0.3) is 0 Å². The summed E-state index contributed by atoms with van der Waals surface area (Å²) in [6, 6.07) is 5.01. The van der Waals surface area contributed by atoms with E-state index in [0.29, 0.717) is 11.6 Å². The van der Waals surface area contributed by atoms with E-state index in [4.69, 9.17) is 0 Å². The van der Waals surface area contributed by atoms with Crippen molar-refractivity contribution in [2.24, 2.45) is 11.8 Å². The molecule has 2 aliphatic rings. The molecule has 2 saturated heterocycles. The second-order valence-corrected chi connectivity index (χ2v) is 7.00. The van der Waals surface area contributed by atoms with Gasteiger partial charge in [0.05, 0.1) is 0 Å². The maximum atomic E-state index is 3.55. The summed E-state index contributed by atoms with van der Waals surface area (Å²) in [7, 11) is 0. The monoisotopic (exact) mass is 250 g/mol. The molecule has 3 heterocycles. The second kappa shape index (κ2) is 4.08. The van der Waals surface area contributed by atoms with Crippen molar-refractivity contribution in [1.29, 1.82) is 0 Å². The average Bonchev–Trinajstić information content (AvgIpc) is 2.97. The van der Waals surface area contributed by atoms with Crippen LogP contribution in [0, 0.1) is 11.8 Å².